The quantitative estimate of drug-likeness (QED) is 0.625. The molecule has 3 aromatic rings. The summed E-state index contributed by atoms with van der Waals surface area (Å²) in [5.41, 5.74) is 5.02. The summed E-state index contributed by atoms with van der Waals surface area (Å²) in [7, 11) is 0. The van der Waals surface area contributed by atoms with Crippen molar-refractivity contribution in [2.45, 2.75) is 39.9 Å². The smallest absolute Gasteiger partial charge is 0.150 e. The number of benzene rings is 2. The molecule has 0 saturated carbocycles. The Labute approximate surface area is 184 Å². The molecule has 2 unspecified atom stereocenters. The van der Waals surface area contributed by atoms with E-state index in [4.69, 9.17) is 0 Å². The number of carbonyl (C=O) groups is 1. The van der Waals surface area contributed by atoms with E-state index in [1.807, 2.05) is 0 Å². The molecule has 4 aliphatic rings. The number of hydrogen-bond acceptors (Lipinski definition) is 3. The molecule has 7 rings (SSSR count). The van der Waals surface area contributed by atoms with Crippen molar-refractivity contribution in [2.75, 3.05) is 26.2 Å². The number of ketones is 1. The molecule has 2 aromatic carbocycles. The van der Waals surface area contributed by atoms with Crippen LogP contribution in [0.4, 0.5) is 0 Å². The summed E-state index contributed by atoms with van der Waals surface area (Å²) in [5.74, 6) is 0.511. The first-order chi connectivity index (χ1) is 15.0. The number of fused-ring (bicyclic) bond motifs is 1. The second kappa shape index (κ2) is 6.54. The van der Waals surface area contributed by atoms with Crippen LogP contribution in [0, 0.1) is 17.8 Å². The second-order valence-corrected chi connectivity index (χ2v) is 10.3. The molecule has 4 nitrogen and oxygen atoms in total. The minimum absolute atomic E-state index is 0.182. The van der Waals surface area contributed by atoms with Crippen molar-refractivity contribution in [3.05, 3.63) is 71.4 Å². The lowest BCUT2D eigenvalue weighted by molar-refractivity contribution is -0.200. The third-order valence-corrected chi connectivity index (χ3v) is 8.24. The molecule has 4 fully saturated rings. The van der Waals surface area contributed by atoms with Gasteiger partial charge in [-0.3, -0.25) is 14.6 Å². The molecule has 0 aliphatic carbocycles. The standard InChI is InChI=1S/C27H31N3O/c1-4-27-17-28-15-26(3,25(27)31)16-29(18-27)24(28)23-19(2)30(14-20-10-6-5-7-11-20)22-13-9-8-12-21(22)23/h5-13,24H,4,14-18H2,1-3H3. The van der Waals surface area contributed by atoms with Crippen LogP contribution in [0.15, 0.2) is 54.6 Å². The zero-order valence-electron chi connectivity index (χ0n) is 18.8. The molecule has 4 aliphatic heterocycles. The van der Waals surface area contributed by atoms with E-state index in [0.717, 1.165) is 39.1 Å². The second-order valence-electron chi connectivity index (χ2n) is 10.3. The van der Waals surface area contributed by atoms with E-state index in [1.54, 1.807) is 0 Å². The molecule has 5 heterocycles. The number of Topliss-reactive ketones (excluding diaryl/α,β-unsaturated/α-hetero) is 1. The summed E-state index contributed by atoms with van der Waals surface area (Å²) < 4.78 is 2.48. The first-order valence-electron chi connectivity index (χ1n) is 11.6. The first-order valence-corrected chi connectivity index (χ1v) is 11.6. The summed E-state index contributed by atoms with van der Waals surface area (Å²) in [5, 5.41) is 1.36. The fourth-order valence-electron chi connectivity index (χ4n) is 6.89. The summed E-state index contributed by atoms with van der Waals surface area (Å²) in [6.45, 7) is 11.1. The Balaban J connectivity index is 1.48. The van der Waals surface area contributed by atoms with Crippen LogP contribution in [0.5, 0.6) is 0 Å². The molecular formula is C27H31N3O. The van der Waals surface area contributed by atoms with Gasteiger partial charge in [-0.05, 0) is 25.0 Å². The average Bonchev–Trinajstić information content (AvgIpc) is 3.03. The minimum atomic E-state index is -0.223. The largest absolute Gasteiger partial charge is 0.340 e. The van der Waals surface area contributed by atoms with Crippen molar-refractivity contribution in [2.24, 2.45) is 10.8 Å². The number of rotatable bonds is 4. The van der Waals surface area contributed by atoms with Crippen molar-refractivity contribution in [1.29, 1.82) is 0 Å². The van der Waals surface area contributed by atoms with E-state index in [2.05, 4.69) is 89.7 Å². The first kappa shape index (κ1) is 19.3. The van der Waals surface area contributed by atoms with Gasteiger partial charge >= 0.3 is 0 Å². The molecule has 0 spiro atoms. The molecule has 2 atom stereocenters. The summed E-state index contributed by atoms with van der Waals surface area (Å²) in [4.78, 5) is 18.5. The number of piperidine rings is 2. The van der Waals surface area contributed by atoms with E-state index in [-0.39, 0.29) is 17.0 Å². The maximum absolute atomic E-state index is 13.3. The Kier molecular flexibility index (Phi) is 4.06. The van der Waals surface area contributed by atoms with Gasteiger partial charge in [0.15, 0.2) is 0 Å². The van der Waals surface area contributed by atoms with Crippen LogP contribution in [0.1, 0.15) is 43.3 Å². The monoisotopic (exact) mass is 413 g/mol. The molecule has 1 aromatic heterocycles. The van der Waals surface area contributed by atoms with Crippen LogP contribution >= 0.6 is 0 Å². The van der Waals surface area contributed by atoms with Gasteiger partial charge in [-0.15, -0.1) is 0 Å². The van der Waals surface area contributed by atoms with Gasteiger partial charge in [-0.25, -0.2) is 0 Å². The number of nitrogens with zero attached hydrogens (tertiary/aromatic N) is 3. The molecule has 4 saturated heterocycles. The number of carbonyl (C=O) groups excluding carboxylic acids is 1. The Morgan fingerprint density at radius 2 is 1.58 bits per heavy atom. The molecule has 0 N–H and O–H groups in total. The van der Waals surface area contributed by atoms with Gasteiger partial charge < -0.3 is 4.57 Å². The van der Waals surface area contributed by atoms with Crippen LogP contribution in [0.2, 0.25) is 0 Å². The van der Waals surface area contributed by atoms with E-state index in [0.29, 0.717) is 5.78 Å². The van der Waals surface area contributed by atoms with Crippen molar-refractivity contribution in [1.82, 2.24) is 14.4 Å². The van der Waals surface area contributed by atoms with E-state index in [1.165, 1.54) is 27.7 Å². The topological polar surface area (TPSA) is 28.5 Å². The lowest BCUT2D eigenvalue weighted by Crippen LogP contribution is -2.76. The maximum atomic E-state index is 13.3. The van der Waals surface area contributed by atoms with Gasteiger partial charge in [0, 0.05) is 54.9 Å². The zero-order chi connectivity index (χ0) is 21.4. The van der Waals surface area contributed by atoms with Crippen LogP contribution in [-0.4, -0.2) is 46.3 Å². The molecule has 4 heteroatoms. The number of para-hydroxylation sites is 1. The van der Waals surface area contributed by atoms with Gasteiger partial charge in [0.05, 0.1) is 17.0 Å². The van der Waals surface area contributed by atoms with E-state index >= 15 is 0 Å². The number of aromatic nitrogens is 1. The fraction of sp³-hybridized carbons (Fsp3) is 0.444. The Bertz CT molecular complexity index is 1160. The van der Waals surface area contributed by atoms with E-state index in [9.17, 15) is 4.79 Å². The highest BCUT2D eigenvalue weighted by Crippen LogP contribution is 2.54. The van der Waals surface area contributed by atoms with Crippen molar-refractivity contribution >= 4 is 16.7 Å². The Morgan fingerprint density at radius 1 is 0.935 bits per heavy atom. The van der Waals surface area contributed by atoms with Crippen LogP contribution in [-0.2, 0) is 11.3 Å². The predicted octanol–water partition coefficient (Wildman–Crippen LogP) is 4.61. The highest BCUT2D eigenvalue weighted by atomic mass is 16.1. The molecule has 4 bridgehead atoms. The predicted molar refractivity (Wildman–Crippen MR) is 124 cm³/mol. The van der Waals surface area contributed by atoms with Gasteiger partial charge in [-0.1, -0.05) is 62.4 Å². The highest BCUT2D eigenvalue weighted by Gasteiger charge is 2.63. The molecule has 31 heavy (non-hydrogen) atoms. The summed E-state index contributed by atoms with van der Waals surface area (Å²) in [6.07, 6.45) is 1.21. The molecule has 0 radical (unpaired) electrons. The Morgan fingerprint density at radius 3 is 2.26 bits per heavy atom. The SMILES string of the molecule is CCC12CN3CC(C)(CN(C1)C3c1c(C)n(Cc3ccccc3)c3ccccc13)C2=O. The maximum Gasteiger partial charge on any atom is 0.150 e. The molecule has 0 amide bonds. The van der Waals surface area contributed by atoms with Gasteiger partial charge in [0.2, 0.25) is 0 Å². The fourth-order valence-corrected chi connectivity index (χ4v) is 6.89. The van der Waals surface area contributed by atoms with Crippen LogP contribution in [0.25, 0.3) is 10.9 Å². The van der Waals surface area contributed by atoms with Gasteiger partial charge in [0.1, 0.15) is 5.78 Å². The average molecular weight is 414 g/mol. The van der Waals surface area contributed by atoms with Gasteiger partial charge in [0.25, 0.3) is 0 Å². The van der Waals surface area contributed by atoms with Crippen molar-refractivity contribution < 1.29 is 4.79 Å². The summed E-state index contributed by atoms with van der Waals surface area (Å²) in [6, 6.07) is 19.6. The lowest BCUT2D eigenvalue weighted by atomic mass is 9.60. The molecular weight excluding hydrogens is 382 g/mol. The van der Waals surface area contributed by atoms with Crippen LogP contribution < -0.4 is 0 Å². The number of hydrogen-bond donors (Lipinski definition) is 0. The Hall–Kier alpha value is -2.43. The molecule has 160 valence electrons. The normalized spacial score (nSPS) is 34.0. The highest BCUT2D eigenvalue weighted by molar-refractivity contribution is 5.93. The third kappa shape index (κ3) is 2.58. The van der Waals surface area contributed by atoms with E-state index < -0.39 is 0 Å². The van der Waals surface area contributed by atoms with Crippen molar-refractivity contribution in [3.8, 4) is 0 Å². The van der Waals surface area contributed by atoms with Gasteiger partial charge in [-0.2, -0.15) is 0 Å². The van der Waals surface area contributed by atoms with Crippen LogP contribution in [0.3, 0.4) is 0 Å². The zero-order valence-corrected chi connectivity index (χ0v) is 18.8. The third-order valence-electron chi connectivity index (χ3n) is 8.24. The lowest BCUT2D eigenvalue weighted by Gasteiger charge is -2.65. The van der Waals surface area contributed by atoms with Crippen molar-refractivity contribution in [3.63, 3.8) is 0 Å². The minimum Gasteiger partial charge on any atom is -0.340 e. The summed E-state index contributed by atoms with van der Waals surface area (Å²) >= 11 is 0.